The Morgan fingerprint density at radius 3 is 2.79 bits per heavy atom. The minimum absolute atomic E-state index is 0.00486. The van der Waals surface area contributed by atoms with Gasteiger partial charge >= 0.3 is 0 Å². The van der Waals surface area contributed by atoms with Gasteiger partial charge in [0.15, 0.2) is 0 Å². The topological polar surface area (TPSA) is 36.4 Å². The minimum atomic E-state index is -0.00486. The van der Waals surface area contributed by atoms with Crippen molar-refractivity contribution < 1.29 is 5.11 Å². The Morgan fingerprint density at radius 1 is 1.32 bits per heavy atom. The number of aliphatic hydroxyl groups excluding tert-OH is 1. The number of aliphatic hydroxyl groups is 1. The molecular formula is C16H20N2O. The van der Waals surface area contributed by atoms with Gasteiger partial charge in [0.2, 0.25) is 0 Å². The van der Waals surface area contributed by atoms with Crippen molar-refractivity contribution in [3.8, 4) is 0 Å². The summed E-state index contributed by atoms with van der Waals surface area (Å²) < 4.78 is 0. The minimum Gasteiger partial charge on any atom is -0.390 e. The maximum atomic E-state index is 9.36. The van der Waals surface area contributed by atoms with E-state index in [-0.39, 0.29) is 6.61 Å². The van der Waals surface area contributed by atoms with Gasteiger partial charge in [-0.1, -0.05) is 24.6 Å². The first-order chi connectivity index (χ1) is 9.28. The third-order valence-corrected chi connectivity index (χ3v) is 4.08. The summed E-state index contributed by atoms with van der Waals surface area (Å²) in [5.41, 5.74) is 2.89. The van der Waals surface area contributed by atoms with E-state index in [1.54, 1.807) is 0 Å². The Hall–Kier alpha value is -1.61. The maximum absolute atomic E-state index is 9.36. The molecular weight excluding hydrogens is 236 g/mol. The summed E-state index contributed by atoms with van der Waals surface area (Å²) in [5.74, 6) is 0.828. The Bertz CT molecular complexity index is 578. The number of rotatable bonds is 4. The lowest BCUT2D eigenvalue weighted by Gasteiger charge is -2.32. The van der Waals surface area contributed by atoms with Crippen molar-refractivity contribution in [1.29, 1.82) is 0 Å². The Balaban J connectivity index is 1.99. The van der Waals surface area contributed by atoms with Gasteiger partial charge < -0.3 is 10.0 Å². The van der Waals surface area contributed by atoms with Crippen molar-refractivity contribution >= 4 is 16.6 Å². The van der Waals surface area contributed by atoms with Crippen LogP contribution in [0.4, 0.5) is 5.69 Å². The lowest BCUT2D eigenvalue weighted by Crippen LogP contribution is -2.29. The molecule has 0 atom stereocenters. The number of hydrogen-bond acceptors (Lipinski definition) is 3. The number of fused-ring (bicyclic) bond motifs is 1. The van der Waals surface area contributed by atoms with Gasteiger partial charge in [0, 0.05) is 24.7 Å². The zero-order valence-corrected chi connectivity index (χ0v) is 11.3. The van der Waals surface area contributed by atoms with Crippen LogP contribution in [-0.2, 0) is 6.61 Å². The molecule has 1 heterocycles. The molecule has 19 heavy (non-hydrogen) atoms. The van der Waals surface area contributed by atoms with Crippen LogP contribution in [0.5, 0.6) is 0 Å². The number of nitrogens with zero attached hydrogens (tertiary/aromatic N) is 2. The third kappa shape index (κ3) is 2.43. The summed E-state index contributed by atoms with van der Waals surface area (Å²) in [6.07, 6.45) is 4.07. The predicted octanol–water partition coefficient (Wildman–Crippen LogP) is 2.96. The van der Waals surface area contributed by atoms with Crippen LogP contribution in [0.25, 0.3) is 10.9 Å². The van der Waals surface area contributed by atoms with Crippen LogP contribution in [0.15, 0.2) is 30.3 Å². The molecule has 1 fully saturated rings. The first-order valence-electron chi connectivity index (χ1n) is 6.98. The average molecular weight is 256 g/mol. The van der Waals surface area contributed by atoms with Crippen LogP contribution in [-0.4, -0.2) is 23.7 Å². The lowest BCUT2D eigenvalue weighted by atomic mass is 9.85. The van der Waals surface area contributed by atoms with Gasteiger partial charge in [0.05, 0.1) is 17.8 Å². The van der Waals surface area contributed by atoms with Gasteiger partial charge in [-0.3, -0.25) is 4.98 Å². The maximum Gasteiger partial charge on any atom is 0.0854 e. The Morgan fingerprint density at radius 2 is 2.11 bits per heavy atom. The smallest absolute Gasteiger partial charge is 0.0854 e. The average Bonchev–Trinajstić information content (AvgIpc) is 2.41. The van der Waals surface area contributed by atoms with Crippen molar-refractivity contribution in [2.45, 2.75) is 25.9 Å². The first kappa shape index (κ1) is 12.4. The fourth-order valence-corrected chi connectivity index (χ4v) is 2.77. The zero-order valence-electron chi connectivity index (χ0n) is 11.3. The summed E-state index contributed by atoms with van der Waals surface area (Å²) in [7, 11) is 2.14. The van der Waals surface area contributed by atoms with Crippen LogP contribution in [0, 0.1) is 5.92 Å². The molecule has 0 radical (unpaired) electrons. The molecule has 1 aliphatic rings. The normalized spacial score (nSPS) is 15.5. The molecule has 0 saturated heterocycles. The summed E-state index contributed by atoms with van der Waals surface area (Å²) >= 11 is 0. The monoisotopic (exact) mass is 256 g/mol. The lowest BCUT2D eigenvalue weighted by molar-refractivity contribution is 0.277. The number of anilines is 1. The van der Waals surface area contributed by atoms with Crippen LogP contribution in [0.3, 0.4) is 0 Å². The number of hydrogen-bond donors (Lipinski definition) is 1. The largest absolute Gasteiger partial charge is 0.390 e. The molecule has 0 bridgehead atoms. The molecule has 1 aliphatic carbocycles. The summed E-state index contributed by atoms with van der Waals surface area (Å²) in [6.45, 7) is 1.09. The van der Waals surface area contributed by atoms with E-state index in [1.807, 2.05) is 24.3 Å². The molecule has 2 aromatic rings. The van der Waals surface area contributed by atoms with E-state index in [1.165, 1.54) is 30.3 Å². The van der Waals surface area contributed by atoms with Crippen LogP contribution in [0.1, 0.15) is 25.0 Å². The van der Waals surface area contributed by atoms with Gasteiger partial charge in [-0.25, -0.2) is 0 Å². The summed E-state index contributed by atoms with van der Waals surface area (Å²) in [6, 6.07) is 10.2. The van der Waals surface area contributed by atoms with Gasteiger partial charge in [0.1, 0.15) is 0 Å². The van der Waals surface area contributed by atoms with Crippen molar-refractivity contribution in [1.82, 2.24) is 4.98 Å². The molecule has 0 spiro atoms. The second kappa shape index (κ2) is 5.17. The number of aromatic nitrogens is 1. The molecule has 3 nitrogen and oxygen atoms in total. The molecule has 0 aliphatic heterocycles. The molecule has 0 amide bonds. The molecule has 0 unspecified atom stereocenters. The molecule has 1 aromatic heterocycles. The molecule has 1 aromatic carbocycles. The first-order valence-corrected chi connectivity index (χ1v) is 6.98. The highest BCUT2D eigenvalue weighted by molar-refractivity contribution is 5.91. The molecule has 1 saturated carbocycles. The Labute approximate surface area is 113 Å². The molecule has 3 rings (SSSR count). The van der Waals surface area contributed by atoms with E-state index in [0.29, 0.717) is 0 Å². The number of para-hydroxylation sites is 1. The SMILES string of the molecule is CN(CC1CCC1)c1cc(CO)nc2ccccc12. The van der Waals surface area contributed by atoms with Crippen molar-refractivity contribution in [2.24, 2.45) is 5.92 Å². The standard InChI is InChI=1S/C16H20N2O/c1-18(10-12-5-4-6-12)16-9-13(11-19)17-15-8-3-2-7-14(15)16/h2-3,7-9,12,19H,4-6,10-11H2,1H3. The fraction of sp³-hybridized carbons (Fsp3) is 0.438. The second-order valence-corrected chi connectivity index (χ2v) is 5.49. The second-order valence-electron chi connectivity index (χ2n) is 5.49. The number of benzene rings is 1. The molecule has 100 valence electrons. The van der Waals surface area contributed by atoms with Crippen molar-refractivity contribution in [3.63, 3.8) is 0 Å². The Kier molecular flexibility index (Phi) is 3.38. The van der Waals surface area contributed by atoms with E-state index in [2.05, 4.69) is 23.0 Å². The van der Waals surface area contributed by atoms with Crippen LogP contribution in [0.2, 0.25) is 0 Å². The van der Waals surface area contributed by atoms with Crippen molar-refractivity contribution in [3.05, 3.63) is 36.0 Å². The summed E-state index contributed by atoms with van der Waals surface area (Å²) in [5, 5.41) is 10.5. The van der Waals surface area contributed by atoms with Crippen molar-refractivity contribution in [2.75, 3.05) is 18.5 Å². The van der Waals surface area contributed by atoms with E-state index >= 15 is 0 Å². The van der Waals surface area contributed by atoms with Crippen LogP contribution >= 0.6 is 0 Å². The highest BCUT2D eigenvalue weighted by Gasteiger charge is 2.20. The third-order valence-electron chi connectivity index (χ3n) is 4.08. The van der Waals surface area contributed by atoms with Crippen LogP contribution < -0.4 is 4.90 Å². The van der Waals surface area contributed by atoms with E-state index in [9.17, 15) is 5.11 Å². The quantitative estimate of drug-likeness (QED) is 0.913. The van der Waals surface area contributed by atoms with E-state index in [4.69, 9.17) is 0 Å². The molecule has 1 N–H and O–H groups in total. The van der Waals surface area contributed by atoms with Gasteiger partial charge in [-0.2, -0.15) is 0 Å². The highest BCUT2D eigenvalue weighted by Crippen LogP contribution is 2.31. The van der Waals surface area contributed by atoms with E-state index in [0.717, 1.165) is 23.7 Å². The molecule has 3 heteroatoms. The fourth-order valence-electron chi connectivity index (χ4n) is 2.77. The zero-order chi connectivity index (χ0) is 13.2. The van der Waals surface area contributed by atoms with Gasteiger partial charge in [-0.15, -0.1) is 0 Å². The van der Waals surface area contributed by atoms with E-state index < -0.39 is 0 Å². The predicted molar refractivity (Wildman–Crippen MR) is 78.3 cm³/mol. The van der Waals surface area contributed by atoms with Gasteiger partial charge in [0.25, 0.3) is 0 Å². The number of pyridine rings is 1. The van der Waals surface area contributed by atoms with Gasteiger partial charge in [-0.05, 0) is 30.9 Å². The summed E-state index contributed by atoms with van der Waals surface area (Å²) in [4.78, 5) is 6.79. The highest BCUT2D eigenvalue weighted by atomic mass is 16.3.